The van der Waals surface area contributed by atoms with Crippen LogP contribution in [0.5, 0.6) is 23.0 Å². The maximum absolute atomic E-state index is 13.8. The summed E-state index contributed by atoms with van der Waals surface area (Å²) in [6.07, 6.45) is -16.6. The zero-order valence-corrected chi connectivity index (χ0v) is 23.8. The van der Waals surface area contributed by atoms with Crippen molar-refractivity contribution in [1.29, 1.82) is 0 Å². The lowest BCUT2D eigenvalue weighted by atomic mass is 9.97. The van der Waals surface area contributed by atoms with Crippen LogP contribution in [0, 0.1) is 0 Å². The number of fused-ring (bicyclic) bond motifs is 1. The van der Waals surface area contributed by atoms with Crippen LogP contribution < -0.4 is 10.2 Å². The van der Waals surface area contributed by atoms with Crippen molar-refractivity contribution >= 4 is 16.9 Å². The fraction of sp³-hybridized carbons (Fsp3) is 0.448. The van der Waals surface area contributed by atoms with Gasteiger partial charge in [-0.3, -0.25) is 9.59 Å². The third kappa shape index (κ3) is 6.40. The molecule has 8 N–H and O–H groups in total. The Hall–Kier alpha value is -4.00. The number of aromatic hydroxyl groups is 3. The minimum Gasteiger partial charge on any atom is -0.508 e. The number of hydrogen-bond donors (Lipinski definition) is 8. The van der Waals surface area contributed by atoms with Crippen LogP contribution in [-0.2, 0) is 23.7 Å². The molecule has 5 rings (SSSR count). The molecule has 2 aliphatic rings. The molecule has 2 saturated heterocycles. The largest absolute Gasteiger partial charge is 0.508 e. The van der Waals surface area contributed by atoms with E-state index >= 15 is 0 Å². The maximum Gasteiger partial charge on any atom is 0.302 e. The average molecular weight is 637 g/mol. The molecular weight excluding hydrogens is 604 g/mol. The number of benzene rings is 2. The highest BCUT2D eigenvalue weighted by Gasteiger charge is 2.51. The Balaban J connectivity index is 1.60. The molecular formula is C29H32O16. The Morgan fingerprint density at radius 3 is 2.20 bits per heavy atom. The van der Waals surface area contributed by atoms with Crippen LogP contribution in [0.3, 0.4) is 0 Å². The third-order valence-electron chi connectivity index (χ3n) is 7.48. The van der Waals surface area contributed by atoms with Crippen LogP contribution in [0.25, 0.3) is 22.3 Å². The minimum atomic E-state index is -1.91. The summed E-state index contributed by atoms with van der Waals surface area (Å²) in [4.78, 5) is 25.3. The van der Waals surface area contributed by atoms with E-state index in [1.54, 1.807) is 0 Å². The molecule has 45 heavy (non-hydrogen) atoms. The van der Waals surface area contributed by atoms with Crippen molar-refractivity contribution in [1.82, 2.24) is 0 Å². The van der Waals surface area contributed by atoms with E-state index in [1.807, 2.05) is 0 Å². The van der Waals surface area contributed by atoms with E-state index < -0.39 is 102 Å². The summed E-state index contributed by atoms with van der Waals surface area (Å²) >= 11 is 0. The van der Waals surface area contributed by atoms with Gasteiger partial charge in [0.15, 0.2) is 18.2 Å². The van der Waals surface area contributed by atoms with Crippen molar-refractivity contribution in [3.63, 3.8) is 0 Å². The maximum atomic E-state index is 13.8. The third-order valence-corrected chi connectivity index (χ3v) is 7.48. The molecule has 2 aromatic carbocycles. The normalized spacial score (nSPS) is 31.9. The van der Waals surface area contributed by atoms with Crippen LogP contribution in [0.4, 0.5) is 0 Å². The van der Waals surface area contributed by atoms with Gasteiger partial charge in [-0.25, -0.2) is 0 Å². The molecule has 10 atom stereocenters. The van der Waals surface area contributed by atoms with Gasteiger partial charge >= 0.3 is 5.97 Å². The van der Waals surface area contributed by atoms with Gasteiger partial charge in [-0.05, 0) is 31.2 Å². The van der Waals surface area contributed by atoms with Crippen molar-refractivity contribution in [2.75, 3.05) is 6.61 Å². The highest BCUT2D eigenvalue weighted by atomic mass is 16.8. The van der Waals surface area contributed by atoms with E-state index in [9.17, 15) is 50.4 Å². The summed E-state index contributed by atoms with van der Waals surface area (Å²) in [7, 11) is 0. The fourth-order valence-electron chi connectivity index (χ4n) is 5.06. The number of phenols is 3. The number of aliphatic hydroxyl groups is 5. The number of rotatable bonds is 7. The molecule has 244 valence electrons. The second-order valence-corrected chi connectivity index (χ2v) is 10.7. The van der Waals surface area contributed by atoms with Gasteiger partial charge in [-0.2, -0.15) is 0 Å². The average Bonchev–Trinajstić information content (AvgIpc) is 2.98. The number of hydrogen-bond acceptors (Lipinski definition) is 16. The van der Waals surface area contributed by atoms with Gasteiger partial charge in [0.05, 0.1) is 6.10 Å². The second kappa shape index (κ2) is 12.8. The SMILES string of the molecule is CC(=O)OC[C@H]1O[C@@H](Oc2c(-c3ccc(O)cc3)oc3cc(O)cc(O)c3c2=O)[C@H](O[C@@H]2O[C@@H](C)[C@H](O)[C@@H](O)[C@H]2O)[C@@H](O)[C@@H]1O. The first-order chi connectivity index (χ1) is 21.3. The van der Waals surface area contributed by atoms with Crippen LogP contribution in [0.1, 0.15) is 13.8 Å². The van der Waals surface area contributed by atoms with Gasteiger partial charge in [0.2, 0.25) is 17.5 Å². The number of aliphatic hydroxyl groups excluding tert-OH is 5. The molecule has 0 saturated carbocycles. The van der Waals surface area contributed by atoms with Crippen molar-refractivity contribution < 1.29 is 73.7 Å². The molecule has 0 amide bonds. The van der Waals surface area contributed by atoms with E-state index in [0.717, 1.165) is 19.1 Å². The van der Waals surface area contributed by atoms with E-state index in [1.165, 1.54) is 31.2 Å². The van der Waals surface area contributed by atoms with E-state index in [0.29, 0.717) is 0 Å². The number of carbonyl (C=O) groups is 1. The predicted octanol–water partition coefficient (Wildman–Crippen LogP) is -0.822. The van der Waals surface area contributed by atoms with Gasteiger partial charge in [0, 0.05) is 24.6 Å². The monoisotopic (exact) mass is 636 g/mol. The van der Waals surface area contributed by atoms with Gasteiger partial charge in [-0.15, -0.1) is 0 Å². The lowest BCUT2D eigenvalue weighted by Gasteiger charge is -2.45. The molecule has 0 radical (unpaired) electrons. The molecule has 16 nitrogen and oxygen atoms in total. The molecule has 1 aromatic heterocycles. The standard InChI is InChI=1S/C29H32O16/c1-10-19(34)22(37)24(39)28(41-10)45-27-23(38)20(35)17(9-40-11(2)30)43-29(27)44-26-21(36)18-15(33)7-14(32)8-16(18)42-25(26)12-3-5-13(31)6-4-12/h3-8,10,17,19-20,22-24,27-29,31-35,37-39H,9H2,1-2H3/t10-,17+,19-,20+,22+,23-,24+,27+,28-,29-/m0/s1. The summed E-state index contributed by atoms with van der Waals surface area (Å²) in [6, 6.07) is 7.27. The lowest BCUT2D eigenvalue weighted by molar-refractivity contribution is -0.354. The number of esters is 1. The molecule has 0 spiro atoms. The summed E-state index contributed by atoms with van der Waals surface area (Å²) in [5, 5.41) is 82.7. The first-order valence-corrected chi connectivity index (χ1v) is 13.8. The molecule has 3 aromatic rings. The topological polar surface area (TPSA) is 255 Å². The van der Waals surface area contributed by atoms with E-state index in [2.05, 4.69) is 0 Å². The highest BCUT2D eigenvalue weighted by molar-refractivity contribution is 5.88. The zero-order chi connectivity index (χ0) is 32.7. The van der Waals surface area contributed by atoms with Gasteiger partial charge in [0.1, 0.15) is 71.4 Å². The van der Waals surface area contributed by atoms with Gasteiger partial charge in [-0.1, -0.05) is 0 Å². The smallest absolute Gasteiger partial charge is 0.302 e. The van der Waals surface area contributed by atoms with Crippen molar-refractivity contribution in [2.45, 2.75) is 75.3 Å². The molecule has 0 bridgehead atoms. The fourth-order valence-corrected chi connectivity index (χ4v) is 5.06. The molecule has 2 fully saturated rings. The van der Waals surface area contributed by atoms with E-state index in [4.69, 9.17) is 28.1 Å². The molecule has 2 aliphatic heterocycles. The summed E-state index contributed by atoms with van der Waals surface area (Å²) in [5.74, 6) is -2.84. The predicted molar refractivity (Wildman–Crippen MR) is 148 cm³/mol. The molecule has 0 unspecified atom stereocenters. The zero-order valence-electron chi connectivity index (χ0n) is 23.8. The Morgan fingerprint density at radius 1 is 0.844 bits per heavy atom. The Bertz CT molecular complexity index is 1590. The number of ether oxygens (including phenoxy) is 5. The molecule has 16 heteroatoms. The van der Waals surface area contributed by atoms with Crippen LogP contribution in [0.2, 0.25) is 0 Å². The first-order valence-electron chi connectivity index (χ1n) is 13.8. The lowest BCUT2D eigenvalue weighted by Crippen LogP contribution is -2.64. The molecule has 3 heterocycles. The van der Waals surface area contributed by atoms with Crippen LogP contribution >= 0.6 is 0 Å². The number of phenolic OH excluding ortho intramolecular Hbond substituents is 3. The van der Waals surface area contributed by atoms with E-state index in [-0.39, 0.29) is 22.7 Å². The Kier molecular flexibility index (Phi) is 9.20. The first kappa shape index (κ1) is 32.4. The van der Waals surface area contributed by atoms with Gasteiger partial charge < -0.3 is 69.0 Å². The van der Waals surface area contributed by atoms with Crippen molar-refractivity contribution in [3.05, 3.63) is 46.6 Å². The quantitative estimate of drug-likeness (QED) is 0.147. The van der Waals surface area contributed by atoms with Crippen LogP contribution in [0.15, 0.2) is 45.6 Å². The summed E-state index contributed by atoms with van der Waals surface area (Å²) in [5.41, 5.74) is -1.04. The Morgan fingerprint density at radius 2 is 1.53 bits per heavy atom. The van der Waals surface area contributed by atoms with Crippen molar-refractivity contribution in [2.24, 2.45) is 0 Å². The summed E-state index contributed by atoms with van der Waals surface area (Å²) < 4.78 is 33.8. The highest BCUT2D eigenvalue weighted by Crippen LogP contribution is 2.38. The molecule has 0 aliphatic carbocycles. The summed E-state index contributed by atoms with van der Waals surface area (Å²) in [6.45, 7) is 1.92. The van der Waals surface area contributed by atoms with Crippen molar-refractivity contribution in [3.8, 4) is 34.3 Å². The Labute approximate surface area is 253 Å². The van der Waals surface area contributed by atoms with Crippen LogP contribution in [-0.4, -0.2) is 115 Å². The van der Waals surface area contributed by atoms with Gasteiger partial charge in [0.25, 0.3) is 0 Å². The number of carbonyl (C=O) groups excluding carboxylic acids is 1. The minimum absolute atomic E-state index is 0.123. The second-order valence-electron chi connectivity index (χ2n) is 10.7.